The molecule has 1 atom stereocenters. The molecular formula is C12H21N3O2. The van der Waals surface area contributed by atoms with E-state index >= 15 is 0 Å². The van der Waals surface area contributed by atoms with Crippen LogP contribution in [0.15, 0.2) is 6.07 Å². The highest BCUT2D eigenvalue weighted by Crippen LogP contribution is 2.07. The van der Waals surface area contributed by atoms with Gasteiger partial charge >= 0.3 is 5.97 Å². The van der Waals surface area contributed by atoms with Gasteiger partial charge in [-0.2, -0.15) is 5.10 Å². The Morgan fingerprint density at radius 2 is 2.18 bits per heavy atom. The van der Waals surface area contributed by atoms with Crippen LogP contribution in [0.3, 0.4) is 0 Å². The average molecular weight is 239 g/mol. The van der Waals surface area contributed by atoms with Crippen LogP contribution in [-0.4, -0.2) is 28.4 Å². The number of esters is 1. The highest BCUT2D eigenvalue weighted by atomic mass is 16.5. The van der Waals surface area contributed by atoms with E-state index in [1.807, 2.05) is 0 Å². The van der Waals surface area contributed by atoms with E-state index in [0.29, 0.717) is 13.2 Å². The molecule has 0 aromatic carbocycles. The van der Waals surface area contributed by atoms with Crippen LogP contribution in [0.25, 0.3) is 0 Å². The van der Waals surface area contributed by atoms with Crippen LogP contribution in [0.4, 0.5) is 0 Å². The van der Waals surface area contributed by atoms with Gasteiger partial charge in [-0.3, -0.25) is 9.48 Å². The number of hydrogen-bond acceptors (Lipinski definition) is 4. The number of nitrogens with two attached hydrogens (primary N) is 1. The first kappa shape index (κ1) is 13.7. The number of nitrogens with zero attached hydrogens (tertiary/aromatic N) is 2. The van der Waals surface area contributed by atoms with Gasteiger partial charge in [0.1, 0.15) is 6.04 Å². The first-order valence-corrected chi connectivity index (χ1v) is 6.10. The first-order valence-electron chi connectivity index (χ1n) is 6.10. The van der Waals surface area contributed by atoms with Crippen LogP contribution in [0.1, 0.15) is 32.2 Å². The molecule has 1 heterocycles. The minimum Gasteiger partial charge on any atom is -0.465 e. The Labute approximate surface area is 102 Å². The van der Waals surface area contributed by atoms with Gasteiger partial charge in [0.2, 0.25) is 0 Å². The SMILES string of the molecule is CCOC(=O)C(N)Cn1nc(CC)cc1CC. The lowest BCUT2D eigenvalue weighted by Crippen LogP contribution is -2.37. The van der Waals surface area contributed by atoms with E-state index in [1.165, 1.54) is 0 Å². The lowest BCUT2D eigenvalue weighted by Gasteiger charge is -2.12. The third-order valence-corrected chi connectivity index (χ3v) is 2.60. The van der Waals surface area contributed by atoms with Crippen molar-refractivity contribution in [2.75, 3.05) is 6.61 Å². The molecule has 1 aromatic rings. The number of aromatic nitrogens is 2. The second-order valence-electron chi connectivity index (χ2n) is 3.87. The average Bonchev–Trinajstić information content (AvgIpc) is 2.71. The summed E-state index contributed by atoms with van der Waals surface area (Å²) in [6.07, 6.45) is 1.76. The van der Waals surface area contributed by atoms with Gasteiger partial charge in [0, 0.05) is 5.69 Å². The van der Waals surface area contributed by atoms with E-state index in [9.17, 15) is 4.79 Å². The highest BCUT2D eigenvalue weighted by Gasteiger charge is 2.17. The highest BCUT2D eigenvalue weighted by molar-refractivity contribution is 5.75. The number of hydrogen-bond donors (Lipinski definition) is 1. The van der Waals surface area contributed by atoms with Crippen LogP contribution in [0.5, 0.6) is 0 Å². The van der Waals surface area contributed by atoms with Gasteiger partial charge in [-0.15, -0.1) is 0 Å². The summed E-state index contributed by atoms with van der Waals surface area (Å²) in [6.45, 7) is 6.61. The quantitative estimate of drug-likeness (QED) is 0.749. The molecular weight excluding hydrogens is 218 g/mol. The summed E-state index contributed by atoms with van der Waals surface area (Å²) in [7, 11) is 0. The summed E-state index contributed by atoms with van der Waals surface area (Å²) < 4.78 is 6.68. The topological polar surface area (TPSA) is 70.1 Å². The zero-order valence-corrected chi connectivity index (χ0v) is 10.8. The van der Waals surface area contributed by atoms with Crippen molar-refractivity contribution in [3.63, 3.8) is 0 Å². The fraction of sp³-hybridized carbons (Fsp3) is 0.667. The Bertz CT molecular complexity index is 374. The lowest BCUT2D eigenvalue weighted by molar-refractivity contribution is -0.145. The van der Waals surface area contributed by atoms with Gasteiger partial charge in [-0.05, 0) is 25.8 Å². The monoisotopic (exact) mass is 239 g/mol. The zero-order valence-electron chi connectivity index (χ0n) is 10.8. The Balaban J connectivity index is 2.72. The summed E-state index contributed by atoms with van der Waals surface area (Å²) in [4.78, 5) is 11.4. The molecule has 0 aliphatic rings. The van der Waals surface area contributed by atoms with E-state index in [2.05, 4.69) is 25.0 Å². The third-order valence-electron chi connectivity index (χ3n) is 2.60. The molecule has 5 heteroatoms. The molecule has 5 nitrogen and oxygen atoms in total. The number of aryl methyl sites for hydroxylation is 2. The molecule has 0 saturated carbocycles. The van der Waals surface area contributed by atoms with Gasteiger partial charge in [0.25, 0.3) is 0 Å². The Morgan fingerprint density at radius 3 is 2.71 bits per heavy atom. The summed E-state index contributed by atoms with van der Waals surface area (Å²) in [5, 5.41) is 4.41. The summed E-state index contributed by atoms with van der Waals surface area (Å²) in [5.74, 6) is -0.372. The van der Waals surface area contributed by atoms with E-state index < -0.39 is 6.04 Å². The van der Waals surface area contributed by atoms with Crippen molar-refractivity contribution in [1.82, 2.24) is 9.78 Å². The predicted octanol–water partition coefficient (Wildman–Crippen LogP) is 0.898. The molecule has 0 aliphatic carbocycles. The number of carbonyl (C=O) groups is 1. The smallest absolute Gasteiger partial charge is 0.324 e. The molecule has 0 fully saturated rings. The van der Waals surface area contributed by atoms with Crippen molar-refractivity contribution < 1.29 is 9.53 Å². The fourth-order valence-electron chi connectivity index (χ4n) is 1.64. The van der Waals surface area contributed by atoms with Crippen molar-refractivity contribution in [2.24, 2.45) is 5.73 Å². The molecule has 0 radical (unpaired) electrons. The van der Waals surface area contributed by atoms with Crippen molar-refractivity contribution >= 4 is 5.97 Å². The maximum atomic E-state index is 11.4. The largest absolute Gasteiger partial charge is 0.465 e. The van der Waals surface area contributed by atoms with Gasteiger partial charge < -0.3 is 10.5 Å². The van der Waals surface area contributed by atoms with E-state index in [4.69, 9.17) is 10.5 Å². The van der Waals surface area contributed by atoms with E-state index in [0.717, 1.165) is 24.2 Å². The van der Waals surface area contributed by atoms with Gasteiger partial charge in [0.15, 0.2) is 0 Å². The van der Waals surface area contributed by atoms with Gasteiger partial charge in [0.05, 0.1) is 18.8 Å². The minimum atomic E-state index is -0.648. The zero-order chi connectivity index (χ0) is 12.8. The van der Waals surface area contributed by atoms with Gasteiger partial charge in [-0.1, -0.05) is 13.8 Å². The molecule has 0 spiro atoms. The molecule has 1 unspecified atom stereocenters. The number of rotatable bonds is 6. The van der Waals surface area contributed by atoms with Crippen molar-refractivity contribution in [2.45, 2.75) is 46.2 Å². The maximum absolute atomic E-state index is 11.4. The molecule has 96 valence electrons. The summed E-state index contributed by atoms with van der Waals surface area (Å²) in [6, 6.07) is 1.41. The van der Waals surface area contributed by atoms with Crippen molar-refractivity contribution in [3.05, 3.63) is 17.5 Å². The Morgan fingerprint density at radius 1 is 1.47 bits per heavy atom. The fourth-order valence-corrected chi connectivity index (χ4v) is 1.64. The van der Waals surface area contributed by atoms with Crippen LogP contribution >= 0.6 is 0 Å². The predicted molar refractivity (Wildman–Crippen MR) is 65.6 cm³/mol. The second kappa shape index (κ2) is 6.39. The standard InChI is InChI=1S/C12H21N3O2/c1-4-9-7-10(5-2)15(14-9)8-11(13)12(16)17-6-3/h7,11H,4-6,8,13H2,1-3H3. The van der Waals surface area contributed by atoms with E-state index in [1.54, 1.807) is 11.6 Å². The molecule has 0 bridgehead atoms. The normalized spacial score (nSPS) is 12.5. The molecule has 1 aromatic heterocycles. The van der Waals surface area contributed by atoms with Crippen LogP contribution in [0, 0.1) is 0 Å². The van der Waals surface area contributed by atoms with Crippen LogP contribution in [-0.2, 0) is 28.9 Å². The molecule has 1 rings (SSSR count). The molecule has 0 amide bonds. The van der Waals surface area contributed by atoms with E-state index in [-0.39, 0.29) is 5.97 Å². The summed E-state index contributed by atoms with van der Waals surface area (Å²) in [5.41, 5.74) is 7.90. The van der Waals surface area contributed by atoms with Crippen molar-refractivity contribution in [3.8, 4) is 0 Å². The van der Waals surface area contributed by atoms with Crippen LogP contribution < -0.4 is 5.73 Å². The van der Waals surface area contributed by atoms with Crippen LogP contribution in [0.2, 0.25) is 0 Å². The lowest BCUT2D eigenvalue weighted by atomic mass is 10.2. The summed E-state index contributed by atoms with van der Waals surface area (Å²) >= 11 is 0. The minimum absolute atomic E-state index is 0.354. The first-order chi connectivity index (χ1) is 8.12. The van der Waals surface area contributed by atoms with Crippen molar-refractivity contribution in [1.29, 1.82) is 0 Å². The molecule has 0 saturated heterocycles. The van der Waals surface area contributed by atoms with Gasteiger partial charge in [-0.25, -0.2) is 0 Å². The molecule has 17 heavy (non-hydrogen) atoms. The maximum Gasteiger partial charge on any atom is 0.324 e. The Hall–Kier alpha value is -1.36. The third kappa shape index (κ3) is 3.56. The number of ether oxygens (including phenoxy) is 1. The number of carbonyl (C=O) groups excluding carboxylic acids is 1. The molecule has 0 aliphatic heterocycles. The second-order valence-corrected chi connectivity index (χ2v) is 3.87. The molecule has 2 N–H and O–H groups in total. The Kier molecular flexibility index (Phi) is 5.15.